The van der Waals surface area contributed by atoms with Gasteiger partial charge in [-0.05, 0) is 43.0 Å². The zero-order valence-electron chi connectivity index (χ0n) is 23.9. The Morgan fingerprint density at radius 2 is 1.77 bits per heavy atom. The molecule has 11 nitrogen and oxygen atoms in total. The maximum Gasteiger partial charge on any atom is 0.322 e. The van der Waals surface area contributed by atoms with E-state index in [1.165, 1.54) is 0 Å². The number of aliphatic hydroxyl groups excluding tert-OH is 1. The monoisotopic (exact) mass is 630 g/mol. The lowest BCUT2D eigenvalue weighted by Gasteiger charge is -2.48. The Bertz CT molecular complexity index is 1500. The molecule has 0 unspecified atom stereocenters. The van der Waals surface area contributed by atoms with Crippen LogP contribution in [0.25, 0.3) is 0 Å². The highest BCUT2D eigenvalue weighted by Gasteiger charge is 2.35. The van der Waals surface area contributed by atoms with E-state index < -0.39 is 23.4 Å². The summed E-state index contributed by atoms with van der Waals surface area (Å²) in [5.74, 6) is -0.489. The fourth-order valence-electron chi connectivity index (χ4n) is 6.27. The van der Waals surface area contributed by atoms with E-state index in [-0.39, 0.29) is 24.0 Å². The molecule has 13 heteroatoms. The Labute approximate surface area is 259 Å². The van der Waals surface area contributed by atoms with Gasteiger partial charge in [0.1, 0.15) is 23.7 Å². The zero-order valence-corrected chi connectivity index (χ0v) is 25.4. The lowest BCUT2D eigenvalue weighted by Crippen LogP contribution is -2.58. The molecule has 2 atom stereocenters. The Morgan fingerprint density at radius 1 is 1.07 bits per heavy atom. The number of anilines is 4. The predicted octanol–water partition coefficient (Wildman–Crippen LogP) is 3.32. The van der Waals surface area contributed by atoms with Crippen LogP contribution >= 0.6 is 23.2 Å². The fraction of sp³-hybridized carbons (Fsp3) is 0.467. The summed E-state index contributed by atoms with van der Waals surface area (Å²) in [7, 11) is 0. The number of aliphatic carboxylic acids is 1. The van der Waals surface area contributed by atoms with Crippen molar-refractivity contribution in [2.75, 3.05) is 61.4 Å². The molecule has 43 heavy (non-hydrogen) atoms. The Hall–Kier alpha value is -3.22. The number of piperidine rings is 1. The van der Waals surface area contributed by atoms with Gasteiger partial charge in [-0.15, -0.1) is 0 Å². The van der Waals surface area contributed by atoms with Gasteiger partial charge in [-0.1, -0.05) is 42.3 Å². The number of pyridine rings is 1. The van der Waals surface area contributed by atoms with E-state index >= 15 is 0 Å². The van der Waals surface area contributed by atoms with Crippen molar-refractivity contribution in [3.05, 3.63) is 72.6 Å². The average molecular weight is 632 g/mol. The van der Waals surface area contributed by atoms with Crippen LogP contribution in [0.15, 0.2) is 46.1 Å². The fourth-order valence-corrected chi connectivity index (χ4v) is 6.68. The molecule has 2 aromatic carbocycles. The van der Waals surface area contributed by atoms with Crippen LogP contribution < -0.4 is 26.4 Å². The summed E-state index contributed by atoms with van der Waals surface area (Å²) in [4.78, 5) is 46.5. The van der Waals surface area contributed by atoms with Crippen LogP contribution in [0.1, 0.15) is 37.8 Å². The third-order valence-electron chi connectivity index (χ3n) is 8.55. The normalized spacial score (nSPS) is 19.4. The molecule has 3 aromatic rings. The first kappa shape index (κ1) is 31.2. The maximum atomic E-state index is 12.1. The van der Waals surface area contributed by atoms with E-state index in [0.29, 0.717) is 33.6 Å². The minimum absolute atomic E-state index is 0.000973. The van der Waals surface area contributed by atoms with Crippen LogP contribution in [0.5, 0.6) is 0 Å². The molecule has 0 spiro atoms. The lowest BCUT2D eigenvalue weighted by molar-refractivity contribution is -0.134. The van der Waals surface area contributed by atoms with Crippen LogP contribution in [0.3, 0.4) is 0 Å². The number of rotatable bonds is 11. The number of benzene rings is 1. The Kier molecular flexibility index (Phi) is 9.88. The number of aromatic nitrogens is 1. The largest absolute Gasteiger partial charge is 0.480 e. The van der Waals surface area contributed by atoms with Crippen molar-refractivity contribution in [2.45, 2.75) is 44.3 Å². The number of nitrogens with one attached hydrogen (secondary N) is 2. The lowest BCUT2D eigenvalue weighted by atomic mass is 9.96. The van der Waals surface area contributed by atoms with Gasteiger partial charge in [0.05, 0.1) is 29.6 Å². The highest BCUT2D eigenvalue weighted by molar-refractivity contribution is 6.33. The number of hydrogen-bond donors (Lipinski definition) is 4. The topological polar surface area (TPSA) is 138 Å². The van der Waals surface area contributed by atoms with E-state index in [4.69, 9.17) is 28.3 Å². The number of piperazine rings is 1. The van der Waals surface area contributed by atoms with Gasteiger partial charge in [-0.2, -0.15) is 0 Å². The van der Waals surface area contributed by atoms with Crippen molar-refractivity contribution in [3.63, 3.8) is 0 Å². The summed E-state index contributed by atoms with van der Waals surface area (Å²) in [5.41, 5.74) is -0.0356. The molecule has 5 rings (SSSR count). The van der Waals surface area contributed by atoms with Gasteiger partial charge >= 0.3 is 5.97 Å². The van der Waals surface area contributed by atoms with Crippen LogP contribution in [-0.2, 0) is 4.79 Å². The number of carboxylic acid groups (broad SMARTS) is 1. The van der Waals surface area contributed by atoms with E-state index in [1.807, 2.05) is 24.3 Å². The summed E-state index contributed by atoms with van der Waals surface area (Å²) < 4.78 is 0. The van der Waals surface area contributed by atoms with Crippen molar-refractivity contribution >= 4 is 52.1 Å². The maximum absolute atomic E-state index is 12.1. The smallest absolute Gasteiger partial charge is 0.322 e. The first-order chi connectivity index (χ1) is 20.7. The minimum Gasteiger partial charge on any atom is -0.480 e. The van der Waals surface area contributed by atoms with Crippen LogP contribution in [0.2, 0.25) is 10.0 Å². The summed E-state index contributed by atoms with van der Waals surface area (Å²) in [6, 6.07) is 10.1. The molecular weight excluding hydrogens is 595 g/mol. The van der Waals surface area contributed by atoms with E-state index in [9.17, 15) is 19.5 Å². The third kappa shape index (κ3) is 6.81. The zero-order chi connectivity index (χ0) is 30.7. The van der Waals surface area contributed by atoms with Gasteiger partial charge in [-0.3, -0.25) is 24.2 Å². The third-order valence-corrected chi connectivity index (χ3v) is 9.08. The molecule has 230 valence electrons. The second kappa shape index (κ2) is 13.6. The first-order valence-corrected chi connectivity index (χ1v) is 15.3. The van der Waals surface area contributed by atoms with Gasteiger partial charge in [0.25, 0.3) is 10.9 Å². The Balaban J connectivity index is 1.19. The molecule has 0 aliphatic carbocycles. The number of hydrogen-bond acceptors (Lipinski definition) is 10. The molecule has 2 saturated heterocycles. The van der Waals surface area contributed by atoms with Crippen molar-refractivity contribution in [3.8, 4) is 0 Å². The van der Waals surface area contributed by atoms with E-state index in [0.717, 1.165) is 57.5 Å². The number of nitrogens with zero attached hydrogens (tertiary/aromatic N) is 4. The molecule has 2 aliphatic heterocycles. The van der Waals surface area contributed by atoms with Crippen LogP contribution in [0.4, 0.5) is 22.9 Å². The summed E-state index contributed by atoms with van der Waals surface area (Å²) >= 11 is 12.7. The number of aliphatic hydroxyl groups is 1. The molecule has 2 aliphatic rings. The molecule has 3 heterocycles. The van der Waals surface area contributed by atoms with Crippen molar-refractivity contribution in [1.29, 1.82) is 0 Å². The second-order valence-corrected chi connectivity index (χ2v) is 11.9. The molecule has 0 saturated carbocycles. The molecule has 0 bridgehead atoms. The minimum atomic E-state index is -1.14. The van der Waals surface area contributed by atoms with Crippen LogP contribution in [0, 0.1) is 0 Å². The molecule has 2 fully saturated rings. The van der Waals surface area contributed by atoms with E-state index in [2.05, 4.69) is 37.2 Å². The number of carboxylic acids is 1. The first-order valence-electron chi connectivity index (χ1n) is 14.5. The highest BCUT2D eigenvalue weighted by Crippen LogP contribution is 2.33. The second-order valence-electron chi connectivity index (χ2n) is 11.1. The SMILES string of the molecule is CC[C@H]1CN(c2ncc(Nc3c(NCC(=O)O)c(=O)c3=O)cc2Cl)CCN1C1CCN([C@H](CO)c2ccc(Cl)cc2)CC1. The highest BCUT2D eigenvalue weighted by atomic mass is 35.5. The number of halogens is 2. The summed E-state index contributed by atoms with van der Waals surface area (Å²) in [6.07, 6.45) is 4.59. The van der Waals surface area contributed by atoms with Gasteiger partial charge in [0.15, 0.2) is 0 Å². The standard InChI is InChI=1S/C30H36Cl2N6O5/c1-2-21-16-37(30-23(32)13-20(14-34-30)35-27-26(28(42)29(27)43)33-15-25(40)41)11-12-38(21)22-7-9-36(10-8-22)24(17-39)18-3-5-19(31)6-4-18/h3-6,13-14,21-22,24,33,35,39H,2,7-12,15-17H2,1H3,(H,40,41)/t21-,24+/m0/s1. The Morgan fingerprint density at radius 3 is 2.40 bits per heavy atom. The quantitative estimate of drug-likeness (QED) is 0.232. The van der Waals surface area contributed by atoms with Gasteiger partial charge in [-0.25, -0.2) is 4.98 Å². The molecule has 0 radical (unpaired) electrons. The van der Waals surface area contributed by atoms with Crippen molar-refractivity contribution in [1.82, 2.24) is 14.8 Å². The van der Waals surface area contributed by atoms with Crippen molar-refractivity contribution in [2.24, 2.45) is 0 Å². The van der Waals surface area contributed by atoms with Gasteiger partial charge in [0, 0.05) is 49.8 Å². The van der Waals surface area contributed by atoms with Crippen LogP contribution in [-0.4, -0.2) is 88.9 Å². The molecular formula is C30H36Cl2N6O5. The molecule has 0 amide bonds. The van der Waals surface area contributed by atoms with Gasteiger partial charge in [0.2, 0.25) is 0 Å². The number of carbonyl (C=O) groups is 1. The van der Waals surface area contributed by atoms with Crippen molar-refractivity contribution < 1.29 is 15.0 Å². The van der Waals surface area contributed by atoms with Gasteiger partial charge < -0.3 is 25.7 Å². The van der Waals surface area contributed by atoms with E-state index in [1.54, 1.807) is 12.3 Å². The summed E-state index contributed by atoms with van der Waals surface area (Å²) in [5, 5.41) is 25.4. The average Bonchev–Trinajstić information content (AvgIpc) is 3.01. The predicted molar refractivity (Wildman–Crippen MR) is 169 cm³/mol. The number of likely N-dealkylation sites (tertiary alicyclic amines) is 1. The molecule has 4 N–H and O–H groups in total. The molecule has 1 aromatic heterocycles. The summed E-state index contributed by atoms with van der Waals surface area (Å²) in [6.45, 7) is 6.03.